The van der Waals surface area contributed by atoms with Crippen LogP contribution in [0.4, 0.5) is 0 Å². The first-order valence-corrected chi connectivity index (χ1v) is 12.1. The van der Waals surface area contributed by atoms with E-state index in [0.29, 0.717) is 55.1 Å². The Morgan fingerprint density at radius 2 is 1.54 bits per heavy atom. The topological polar surface area (TPSA) is 99.5 Å². The van der Waals surface area contributed by atoms with Gasteiger partial charge in [0.15, 0.2) is 5.78 Å². The fourth-order valence-electron chi connectivity index (χ4n) is 4.11. The van der Waals surface area contributed by atoms with Gasteiger partial charge < -0.3 is 29.5 Å². The average Bonchev–Trinajstić information content (AvgIpc) is 2.86. The van der Waals surface area contributed by atoms with Gasteiger partial charge >= 0.3 is 0 Å². The van der Waals surface area contributed by atoms with Crippen LogP contribution in [0.3, 0.4) is 0 Å². The first kappa shape index (κ1) is 28.1. The molecule has 35 heavy (non-hydrogen) atoms. The second kappa shape index (κ2) is 13.7. The number of rotatable bonds is 14. The normalized spacial score (nSPS) is 11.0. The van der Waals surface area contributed by atoms with Crippen LogP contribution in [0.5, 0.6) is 17.2 Å². The van der Waals surface area contributed by atoms with Crippen LogP contribution < -0.4 is 4.74 Å². The number of ether oxygens (including phenoxy) is 2. The molecule has 8 nitrogen and oxygen atoms in total. The summed E-state index contributed by atoms with van der Waals surface area (Å²) in [4.78, 5) is 30.8. The number of methoxy groups -OCH3 is 2. The van der Waals surface area contributed by atoms with Gasteiger partial charge in [0, 0.05) is 38.4 Å². The number of phenols is 2. The summed E-state index contributed by atoms with van der Waals surface area (Å²) in [6.07, 6.45) is 0.277. The number of likely N-dealkylation sites (N-methyl/N-ethyl adjacent to an activating group) is 1. The lowest BCUT2D eigenvalue weighted by molar-refractivity contribution is -0.131. The van der Waals surface area contributed by atoms with Gasteiger partial charge in [-0.1, -0.05) is 20.8 Å². The number of amides is 1. The van der Waals surface area contributed by atoms with Crippen LogP contribution >= 0.6 is 0 Å². The van der Waals surface area contributed by atoms with Gasteiger partial charge in [0.25, 0.3) is 0 Å². The van der Waals surface area contributed by atoms with Gasteiger partial charge in [-0.25, -0.2) is 0 Å². The molecule has 0 saturated carbocycles. The molecule has 0 radical (unpaired) electrons. The zero-order valence-corrected chi connectivity index (χ0v) is 21.5. The molecule has 0 spiro atoms. The van der Waals surface area contributed by atoms with E-state index < -0.39 is 5.78 Å². The van der Waals surface area contributed by atoms with Crippen LogP contribution in [0.1, 0.15) is 47.8 Å². The van der Waals surface area contributed by atoms with Crippen LogP contribution in [-0.2, 0) is 22.4 Å². The van der Waals surface area contributed by atoms with Gasteiger partial charge in [-0.15, -0.1) is 0 Å². The average molecular weight is 487 g/mol. The minimum Gasteiger partial charge on any atom is -0.508 e. The van der Waals surface area contributed by atoms with E-state index in [1.54, 1.807) is 36.3 Å². The highest BCUT2D eigenvalue weighted by Crippen LogP contribution is 2.35. The van der Waals surface area contributed by atoms with Gasteiger partial charge in [-0.3, -0.25) is 9.59 Å². The van der Waals surface area contributed by atoms with Crippen molar-refractivity contribution in [2.45, 2.75) is 33.6 Å². The molecule has 192 valence electrons. The second-order valence-electron chi connectivity index (χ2n) is 8.24. The third-order valence-electron chi connectivity index (χ3n) is 6.26. The molecule has 1 amide bonds. The molecule has 2 aromatic rings. The Morgan fingerprint density at radius 1 is 0.886 bits per heavy atom. The molecule has 2 rings (SSSR count). The van der Waals surface area contributed by atoms with Gasteiger partial charge in [0.05, 0.1) is 25.7 Å². The molecular formula is C27H38N2O6. The summed E-state index contributed by atoms with van der Waals surface area (Å²) < 4.78 is 10.4. The first-order chi connectivity index (χ1) is 16.8. The quantitative estimate of drug-likeness (QED) is 0.396. The fraction of sp³-hybridized carbons (Fsp3) is 0.481. The number of nitrogens with zero attached hydrogens (tertiary/aromatic N) is 2. The van der Waals surface area contributed by atoms with E-state index in [4.69, 9.17) is 9.47 Å². The van der Waals surface area contributed by atoms with Gasteiger partial charge in [-0.05, 0) is 54.9 Å². The largest absolute Gasteiger partial charge is 0.508 e. The Labute approximate surface area is 208 Å². The summed E-state index contributed by atoms with van der Waals surface area (Å²) >= 11 is 0. The molecule has 0 unspecified atom stereocenters. The van der Waals surface area contributed by atoms with E-state index in [2.05, 4.69) is 18.7 Å². The zero-order chi connectivity index (χ0) is 26.0. The lowest BCUT2D eigenvalue weighted by atomic mass is 9.89. The molecular weight excluding hydrogens is 448 g/mol. The minimum absolute atomic E-state index is 0.0357. The molecule has 0 aliphatic carbocycles. The van der Waals surface area contributed by atoms with E-state index in [-0.39, 0.29) is 29.4 Å². The summed E-state index contributed by atoms with van der Waals surface area (Å²) in [6.45, 7) is 9.76. The van der Waals surface area contributed by atoms with E-state index in [0.717, 1.165) is 13.1 Å². The lowest BCUT2D eigenvalue weighted by Crippen LogP contribution is -2.41. The Kier molecular flexibility index (Phi) is 11.0. The number of aromatic hydroxyl groups is 2. The Balaban J connectivity index is 2.45. The standard InChI is InChI=1S/C27H38N2O6/c1-6-21-22(17-25(32)29(15-16-34-4)14-13-28(7-2)8-3)26(24(31)18-23(21)30)27(33)19-9-11-20(35-5)12-10-19/h9-12,18,30-31H,6-8,13-17H2,1-5H3. The van der Waals surface area contributed by atoms with Gasteiger partial charge in [0.2, 0.25) is 5.91 Å². The van der Waals surface area contributed by atoms with E-state index in [1.165, 1.54) is 13.2 Å². The predicted molar refractivity (Wildman–Crippen MR) is 136 cm³/mol. The molecule has 0 aliphatic heterocycles. The molecule has 2 N–H and O–H groups in total. The number of hydrogen-bond acceptors (Lipinski definition) is 7. The molecule has 8 heteroatoms. The summed E-state index contributed by atoms with van der Waals surface area (Å²) in [7, 11) is 3.12. The molecule has 0 heterocycles. The van der Waals surface area contributed by atoms with Crippen molar-refractivity contribution < 1.29 is 29.3 Å². The maximum Gasteiger partial charge on any atom is 0.227 e. The smallest absolute Gasteiger partial charge is 0.227 e. The number of carbonyl (C=O) groups is 2. The maximum absolute atomic E-state index is 13.5. The van der Waals surface area contributed by atoms with Gasteiger partial charge in [-0.2, -0.15) is 0 Å². The molecule has 0 atom stereocenters. The first-order valence-electron chi connectivity index (χ1n) is 12.1. The predicted octanol–water partition coefficient (Wildman–Crippen LogP) is 3.26. The Hall–Kier alpha value is -3.10. The van der Waals surface area contributed by atoms with Crippen LogP contribution in [0.2, 0.25) is 0 Å². The summed E-state index contributed by atoms with van der Waals surface area (Å²) in [5, 5.41) is 21.2. The van der Waals surface area contributed by atoms with Crippen LogP contribution in [0.15, 0.2) is 30.3 Å². The Bertz CT molecular complexity index is 986. The summed E-state index contributed by atoms with van der Waals surface area (Å²) in [6, 6.07) is 7.72. The maximum atomic E-state index is 13.5. The zero-order valence-electron chi connectivity index (χ0n) is 21.5. The minimum atomic E-state index is -0.422. The van der Waals surface area contributed by atoms with Crippen molar-refractivity contribution in [1.29, 1.82) is 0 Å². The van der Waals surface area contributed by atoms with Crippen molar-refractivity contribution in [3.63, 3.8) is 0 Å². The van der Waals surface area contributed by atoms with E-state index in [9.17, 15) is 19.8 Å². The lowest BCUT2D eigenvalue weighted by Gasteiger charge is -2.27. The van der Waals surface area contributed by atoms with Crippen LogP contribution in [-0.4, -0.2) is 85.3 Å². The Morgan fingerprint density at radius 3 is 2.09 bits per heavy atom. The number of benzene rings is 2. The molecule has 0 aliphatic rings. The molecule has 2 aromatic carbocycles. The van der Waals surface area contributed by atoms with E-state index >= 15 is 0 Å². The van der Waals surface area contributed by atoms with E-state index in [1.807, 2.05) is 6.92 Å². The molecule has 0 saturated heterocycles. The fourth-order valence-corrected chi connectivity index (χ4v) is 4.11. The van der Waals surface area contributed by atoms with Crippen molar-refractivity contribution in [2.75, 3.05) is 53.6 Å². The van der Waals surface area contributed by atoms with Crippen molar-refractivity contribution >= 4 is 11.7 Å². The van der Waals surface area contributed by atoms with Crippen LogP contribution in [0.25, 0.3) is 0 Å². The molecule has 0 aromatic heterocycles. The molecule has 0 fully saturated rings. The number of hydrogen-bond donors (Lipinski definition) is 2. The van der Waals surface area contributed by atoms with Crippen molar-refractivity contribution in [1.82, 2.24) is 9.80 Å². The third kappa shape index (κ3) is 7.19. The third-order valence-corrected chi connectivity index (χ3v) is 6.26. The van der Waals surface area contributed by atoms with Crippen molar-refractivity contribution in [2.24, 2.45) is 0 Å². The number of ketones is 1. The molecule has 0 bridgehead atoms. The summed E-state index contributed by atoms with van der Waals surface area (Å²) in [5.41, 5.74) is 1.21. The summed E-state index contributed by atoms with van der Waals surface area (Å²) in [5.74, 6) is -0.504. The highest BCUT2D eigenvalue weighted by molar-refractivity contribution is 6.12. The van der Waals surface area contributed by atoms with Crippen molar-refractivity contribution in [3.8, 4) is 17.2 Å². The number of carbonyl (C=O) groups excluding carboxylic acids is 2. The van der Waals surface area contributed by atoms with Crippen molar-refractivity contribution in [3.05, 3.63) is 52.6 Å². The number of phenolic OH excluding ortho intramolecular Hbond substituents is 2. The highest BCUT2D eigenvalue weighted by Gasteiger charge is 2.26. The van der Waals surface area contributed by atoms with Gasteiger partial charge in [0.1, 0.15) is 17.2 Å². The monoisotopic (exact) mass is 486 g/mol. The SMILES string of the molecule is CCc1c(O)cc(O)c(C(=O)c2ccc(OC)cc2)c1CC(=O)N(CCOC)CCN(CC)CC. The second-order valence-corrected chi connectivity index (χ2v) is 8.24. The highest BCUT2D eigenvalue weighted by atomic mass is 16.5. The van der Waals surface area contributed by atoms with Crippen LogP contribution in [0, 0.1) is 0 Å².